The summed E-state index contributed by atoms with van der Waals surface area (Å²) < 4.78 is 39.6. The molecule has 1 fully saturated rings. The van der Waals surface area contributed by atoms with Crippen molar-refractivity contribution in [2.24, 2.45) is 5.41 Å². The molecule has 1 heterocycles. The fourth-order valence-electron chi connectivity index (χ4n) is 5.15. The van der Waals surface area contributed by atoms with Crippen LogP contribution in [0.4, 0.5) is 23.8 Å². The van der Waals surface area contributed by atoms with Gasteiger partial charge in [0, 0.05) is 17.2 Å². The Bertz CT molecular complexity index is 1150. The van der Waals surface area contributed by atoms with Gasteiger partial charge >= 0.3 is 18.2 Å². The number of aryl methyl sites for hydroxylation is 1. The second kappa shape index (κ2) is 10.2. The van der Waals surface area contributed by atoms with E-state index in [9.17, 15) is 32.7 Å². The van der Waals surface area contributed by atoms with Gasteiger partial charge in [-0.1, -0.05) is 31.4 Å². The van der Waals surface area contributed by atoms with Crippen LogP contribution in [0, 0.1) is 5.41 Å². The number of nitrogens with zero attached hydrogens (tertiary/aromatic N) is 2. The van der Waals surface area contributed by atoms with Crippen LogP contribution in [0.5, 0.6) is 0 Å². The van der Waals surface area contributed by atoms with E-state index in [1.54, 1.807) is 12.1 Å². The number of hydrogen-bond acceptors (Lipinski definition) is 5. The van der Waals surface area contributed by atoms with Crippen molar-refractivity contribution in [1.29, 1.82) is 0 Å². The number of carbonyl (C=O) groups excluding carboxylic acids is 2. The van der Waals surface area contributed by atoms with Crippen LogP contribution in [-0.2, 0) is 11.2 Å². The Kier molecular flexibility index (Phi) is 7.28. The van der Waals surface area contributed by atoms with Gasteiger partial charge in [-0.2, -0.15) is 13.2 Å². The highest BCUT2D eigenvalue weighted by Gasteiger charge is 2.51. The maximum atomic E-state index is 13.2. The third-order valence-corrected chi connectivity index (χ3v) is 6.86. The number of rotatable bonds is 6. The van der Waals surface area contributed by atoms with Gasteiger partial charge in [-0.25, -0.2) is 9.78 Å². The largest absolute Gasteiger partial charge is 0.481 e. The molecule has 36 heavy (non-hydrogen) atoms. The molecule has 1 aromatic heterocycles. The highest BCUT2D eigenvalue weighted by Crippen LogP contribution is 2.46. The van der Waals surface area contributed by atoms with E-state index in [1.807, 2.05) is 0 Å². The Morgan fingerprint density at radius 2 is 1.86 bits per heavy atom. The van der Waals surface area contributed by atoms with E-state index < -0.39 is 36.2 Å². The summed E-state index contributed by atoms with van der Waals surface area (Å²) in [6.45, 7) is 0. The van der Waals surface area contributed by atoms with Crippen molar-refractivity contribution in [2.75, 3.05) is 5.32 Å². The molecule has 0 saturated heterocycles. The number of ketones is 1. The van der Waals surface area contributed by atoms with Gasteiger partial charge in [-0.05, 0) is 37.3 Å². The van der Waals surface area contributed by atoms with E-state index >= 15 is 0 Å². The summed E-state index contributed by atoms with van der Waals surface area (Å²) in [6, 6.07) is 4.44. The van der Waals surface area contributed by atoms with Crippen LogP contribution in [0.15, 0.2) is 30.6 Å². The van der Waals surface area contributed by atoms with Crippen LogP contribution >= 0.6 is 0 Å². The number of anilines is 1. The third kappa shape index (κ3) is 6.00. The quantitative estimate of drug-likeness (QED) is 0.501. The van der Waals surface area contributed by atoms with Gasteiger partial charge in [0.25, 0.3) is 0 Å². The number of hydrogen-bond donors (Lipinski definition) is 3. The summed E-state index contributed by atoms with van der Waals surface area (Å²) in [5, 5.41) is 14.8. The zero-order chi connectivity index (χ0) is 25.9. The maximum Gasteiger partial charge on any atom is 0.390 e. The normalized spacial score (nSPS) is 20.5. The van der Waals surface area contributed by atoms with Crippen molar-refractivity contribution in [2.45, 2.75) is 70.0 Å². The van der Waals surface area contributed by atoms with E-state index in [4.69, 9.17) is 0 Å². The van der Waals surface area contributed by atoms with Gasteiger partial charge < -0.3 is 10.4 Å². The van der Waals surface area contributed by atoms with E-state index in [0.717, 1.165) is 25.7 Å². The summed E-state index contributed by atoms with van der Waals surface area (Å²) in [5.41, 5.74) is -0.308. The van der Waals surface area contributed by atoms with E-state index in [2.05, 4.69) is 20.6 Å². The highest BCUT2D eigenvalue weighted by atomic mass is 19.4. The van der Waals surface area contributed by atoms with Gasteiger partial charge in [0.1, 0.15) is 0 Å². The van der Waals surface area contributed by atoms with Crippen molar-refractivity contribution >= 4 is 23.6 Å². The minimum atomic E-state index is -4.67. The standard InChI is InChI=1S/C25H27F3N4O4/c26-25(27,28)14-24(11-21(33)34)9-8-15-10-16(6-7-18(15)22(24)35)19-12-30-20(13-29-19)32-23(36)31-17-4-2-1-3-5-17/h6-7,10,12-13,17H,1-5,8-9,11,14H2,(H,33,34)(H2,30,31,32,36)/t24-/m1/s1. The topological polar surface area (TPSA) is 121 Å². The number of urea groups is 1. The molecule has 192 valence electrons. The fraction of sp³-hybridized carbons (Fsp3) is 0.480. The molecule has 1 atom stereocenters. The SMILES string of the molecule is O=C(O)C[C@@]1(CC(F)(F)F)CCc2cc(-c3cnc(NC(=O)NC4CCCCC4)cn3)ccc2C1=O. The molecular formula is C25H27F3N4O4. The minimum absolute atomic E-state index is 0.0983. The van der Waals surface area contributed by atoms with Crippen molar-refractivity contribution in [1.82, 2.24) is 15.3 Å². The van der Waals surface area contributed by atoms with Gasteiger partial charge in [0.15, 0.2) is 11.6 Å². The first-order valence-electron chi connectivity index (χ1n) is 11.9. The molecule has 0 bridgehead atoms. The molecule has 1 saturated carbocycles. The van der Waals surface area contributed by atoms with Gasteiger partial charge in [0.05, 0.1) is 36.3 Å². The second-order valence-corrected chi connectivity index (χ2v) is 9.56. The van der Waals surface area contributed by atoms with Crippen molar-refractivity contribution in [3.05, 3.63) is 41.7 Å². The lowest BCUT2D eigenvalue weighted by Crippen LogP contribution is -2.41. The van der Waals surface area contributed by atoms with Crippen LogP contribution < -0.4 is 10.6 Å². The number of nitrogens with one attached hydrogen (secondary N) is 2. The fourth-order valence-corrected chi connectivity index (χ4v) is 5.15. The molecule has 2 aromatic rings. The Balaban J connectivity index is 1.47. The molecule has 1 aromatic carbocycles. The van der Waals surface area contributed by atoms with Gasteiger partial charge in [-0.15, -0.1) is 0 Å². The number of Topliss-reactive ketones (excluding diaryl/α,β-unsaturated/α-hetero) is 1. The molecular weight excluding hydrogens is 477 g/mol. The van der Waals surface area contributed by atoms with Crippen molar-refractivity contribution < 1.29 is 32.7 Å². The molecule has 2 aliphatic carbocycles. The number of aromatic nitrogens is 2. The average molecular weight is 505 g/mol. The van der Waals surface area contributed by atoms with E-state index in [0.29, 0.717) is 16.8 Å². The zero-order valence-electron chi connectivity index (χ0n) is 19.5. The Morgan fingerprint density at radius 1 is 1.11 bits per heavy atom. The molecule has 0 spiro atoms. The number of halogens is 3. The summed E-state index contributed by atoms with van der Waals surface area (Å²) in [7, 11) is 0. The lowest BCUT2D eigenvalue weighted by Gasteiger charge is -2.36. The lowest BCUT2D eigenvalue weighted by molar-refractivity contribution is -0.160. The summed E-state index contributed by atoms with van der Waals surface area (Å²) in [5.74, 6) is -1.97. The van der Waals surface area contributed by atoms with E-state index in [-0.39, 0.29) is 36.3 Å². The number of carboxylic acids is 1. The molecule has 3 N–H and O–H groups in total. The molecule has 4 rings (SSSR count). The number of fused-ring (bicyclic) bond motifs is 1. The Morgan fingerprint density at radius 3 is 2.50 bits per heavy atom. The van der Waals surface area contributed by atoms with Crippen molar-refractivity contribution in [3.8, 4) is 11.3 Å². The molecule has 2 aliphatic rings. The highest BCUT2D eigenvalue weighted by molar-refractivity contribution is 6.04. The Hall–Kier alpha value is -3.50. The minimum Gasteiger partial charge on any atom is -0.481 e. The first-order valence-corrected chi connectivity index (χ1v) is 11.9. The first-order chi connectivity index (χ1) is 17.0. The monoisotopic (exact) mass is 504 g/mol. The lowest BCUT2D eigenvalue weighted by atomic mass is 9.66. The number of amides is 2. The second-order valence-electron chi connectivity index (χ2n) is 9.56. The summed E-state index contributed by atoms with van der Waals surface area (Å²) in [6.07, 6.45) is 1.04. The number of alkyl halides is 3. The molecule has 8 nitrogen and oxygen atoms in total. The predicted octanol–water partition coefficient (Wildman–Crippen LogP) is 5.14. The van der Waals surface area contributed by atoms with Crippen molar-refractivity contribution in [3.63, 3.8) is 0 Å². The third-order valence-electron chi connectivity index (χ3n) is 6.86. The number of carbonyl (C=O) groups is 3. The Labute approximate surface area is 205 Å². The summed E-state index contributed by atoms with van der Waals surface area (Å²) >= 11 is 0. The smallest absolute Gasteiger partial charge is 0.390 e. The molecule has 2 amide bonds. The average Bonchev–Trinajstić information content (AvgIpc) is 2.81. The van der Waals surface area contributed by atoms with Crippen LogP contribution in [0.25, 0.3) is 11.3 Å². The number of benzene rings is 1. The van der Waals surface area contributed by atoms with Crippen LogP contribution in [0.2, 0.25) is 0 Å². The maximum absolute atomic E-state index is 13.2. The number of aliphatic carboxylic acids is 1. The molecule has 11 heteroatoms. The van der Waals surface area contributed by atoms with Gasteiger partial charge in [0.2, 0.25) is 0 Å². The van der Waals surface area contributed by atoms with Crippen LogP contribution in [0.3, 0.4) is 0 Å². The molecule has 0 radical (unpaired) electrons. The van der Waals surface area contributed by atoms with Gasteiger partial charge in [-0.3, -0.25) is 19.9 Å². The van der Waals surface area contributed by atoms with Crippen LogP contribution in [0.1, 0.15) is 67.3 Å². The number of carboxylic acid groups (broad SMARTS) is 1. The zero-order valence-corrected chi connectivity index (χ0v) is 19.5. The predicted molar refractivity (Wildman–Crippen MR) is 125 cm³/mol. The first kappa shape index (κ1) is 25.6. The molecule has 0 unspecified atom stereocenters. The molecule has 0 aliphatic heterocycles. The summed E-state index contributed by atoms with van der Waals surface area (Å²) in [4.78, 5) is 45.1. The van der Waals surface area contributed by atoms with E-state index in [1.165, 1.54) is 24.9 Å². The van der Waals surface area contributed by atoms with Crippen LogP contribution in [-0.4, -0.2) is 45.1 Å².